The molecule has 17 heavy (non-hydrogen) atoms. The molecule has 0 radical (unpaired) electrons. The summed E-state index contributed by atoms with van der Waals surface area (Å²) >= 11 is 9.33. The van der Waals surface area contributed by atoms with Gasteiger partial charge in [-0.05, 0) is 48.0 Å². The molecule has 1 aliphatic rings. The van der Waals surface area contributed by atoms with Crippen LogP contribution in [-0.4, -0.2) is 25.0 Å². The van der Waals surface area contributed by atoms with Gasteiger partial charge in [0, 0.05) is 10.2 Å². The van der Waals surface area contributed by atoms with Crippen molar-refractivity contribution in [3.63, 3.8) is 0 Å². The number of nitrogens with one attached hydrogen (secondary N) is 1. The van der Waals surface area contributed by atoms with Crippen LogP contribution >= 0.6 is 27.5 Å². The molecule has 1 heterocycles. The second kappa shape index (κ2) is 5.14. The van der Waals surface area contributed by atoms with Crippen molar-refractivity contribution < 1.29 is 9.47 Å². The lowest BCUT2D eigenvalue weighted by Crippen LogP contribution is -2.45. The number of hydrogen-bond donors (Lipinski definition) is 1. The number of hydrogen-bond acceptors (Lipinski definition) is 3. The molecule has 1 saturated heterocycles. The second-order valence-electron chi connectivity index (χ2n) is 4.49. The third kappa shape index (κ3) is 3.58. The van der Waals surface area contributed by atoms with Crippen LogP contribution in [0.15, 0.2) is 22.7 Å². The Kier molecular flexibility index (Phi) is 3.98. The maximum absolute atomic E-state index is 5.94. The molecule has 0 saturated carbocycles. The molecule has 3 nitrogen and oxygen atoms in total. The van der Waals surface area contributed by atoms with E-state index in [1.807, 2.05) is 32.0 Å². The predicted molar refractivity (Wildman–Crippen MR) is 72.5 cm³/mol. The van der Waals surface area contributed by atoms with E-state index >= 15 is 0 Å². The maximum Gasteiger partial charge on any atom is 0.162 e. The van der Waals surface area contributed by atoms with Gasteiger partial charge in [-0.2, -0.15) is 0 Å². The van der Waals surface area contributed by atoms with Crippen molar-refractivity contribution in [2.45, 2.75) is 25.7 Å². The zero-order valence-electron chi connectivity index (χ0n) is 9.80. The Bertz CT molecular complexity index is 401. The molecule has 0 aliphatic carbocycles. The fourth-order valence-corrected chi connectivity index (χ4v) is 2.09. The smallest absolute Gasteiger partial charge is 0.162 e. The lowest BCUT2D eigenvalue weighted by atomic mass is 10.2. The third-order valence-electron chi connectivity index (χ3n) is 2.55. The first-order chi connectivity index (χ1) is 7.96. The fraction of sp³-hybridized carbons (Fsp3) is 0.500. The zero-order valence-corrected chi connectivity index (χ0v) is 12.1. The van der Waals surface area contributed by atoms with Crippen LogP contribution in [0.5, 0.6) is 0 Å². The van der Waals surface area contributed by atoms with Gasteiger partial charge in [-0.25, -0.2) is 0 Å². The molecular weight excluding hydrogens is 305 g/mol. The minimum Gasteiger partial charge on any atom is -0.378 e. The van der Waals surface area contributed by atoms with Crippen molar-refractivity contribution in [3.05, 3.63) is 27.7 Å². The van der Waals surface area contributed by atoms with Gasteiger partial charge in [-0.1, -0.05) is 11.6 Å². The van der Waals surface area contributed by atoms with E-state index in [1.165, 1.54) is 0 Å². The molecule has 1 fully saturated rings. The second-order valence-corrected chi connectivity index (χ2v) is 5.75. The van der Waals surface area contributed by atoms with Crippen LogP contribution in [-0.2, 0) is 9.47 Å². The average molecular weight is 321 g/mol. The molecule has 0 unspecified atom stereocenters. The molecule has 2 rings (SSSR count). The quantitative estimate of drug-likeness (QED) is 0.902. The van der Waals surface area contributed by atoms with Crippen molar-refractivity contribution in [2.75, 3.05) is 18.5 Å². The van der Waals surface area contributed by atoms with E-state index in [4.69, 9.17) is 21.1 Å². The minimum absolute atomic E-state index is 0.163. The van der Waals surface area contributed by atoms with Gasteiger partial charge in [0.2, 0.25) is 0 Å². The molecule has 0 aromatic heterocycles. The summed E-state index contributed by atoms with van der Waals surface area (Å²) in [5.74, 6) is -0.473. The normalized spacial score (nSPS) is 20.2. The first kappa shape index (κ1) is 13.1. The SMILES string of the molecule is CC1(C)OCC(Nc2ccc(Cl)c(Br)c2)CO1. The number of benzene rings is 1. The molecule has 1 aromatic rings. The minimum atomic E-state index is -0.473. The molecule has 0 atom stereocenters. The Morgan fingerprint density at radius 2 is 2.00 bits per heavy atom. The molecule has 1 aliphatic heterocycles. The molecule has 0 bridgehead atoms. The van der Waals surface area contributed by atoms with E-state index in [2.05, 4.69) is 21.2 Å². The van der Waals surface area contributed by atoms with Gasteiger partial charge >= 0.3 is 0 Å². The van der Waals surface area contributed by atoms with Gasteiger partial charge in [0.1, 0.15) is 0 Å². The maximum atomic E-state index is 5.94. The Morgan fingerprint density at radius 3 is 2.59 bits per heavy atom. The van der Waals surface area contributed by atoms with Crippen molar-refractivity contribution in [2.24, 2.45) is 0 Å². The molecule has 1 aromatic carbocycles. The van der Waals surface area contributed by atoms with E-state index in [0.717, 1.165) is 10.2 Å². The highest BCUT2D eigenvalue weighted by molar-refractivity contribution is 9.10. The summed E-state index contributed by atoms with van der Waals surface area (Å²) in [7, 11) is 0. The van der Waals surface area contributed by atoms with Gasteiger partial charge in [0.15, 0.2) is 5.79 Å². The average Bonchev–Trinajstić information content (AvgIpc) is 2.27. The zero-order chi connectivity index (χ0) is 12.5. The van der Waals surface area contributed by atoms with Crippen LogP contribution in [0, 0.1) is 0 Å². The summed E-state index contributed by atoms with van der Waals surface area (Å²) in [4.78, 5) is 0. The van der Waals surface area contributed by atoms with Crippen molar-refractivity contribution in [3.8, 4) is 0 Å². The summed E-state index contributed by atoms with van der Waals surface area (Å²) in [5, 5.41) is 4.05. The molecule has 94 valence electrons. The first-order valence-corrected chi connectivity index (χ1v) is 6.63. The Hall–Kier alpha value is -0.290. The lowest BCUT2D eigenvalue weighted by Gasteiger charge is -2.35. The van der Waals surface area contributed by atoms with E-state index in [9.17, 15) is 0 Å². The van der Waals surface area contributed by atoms with Crippen molar-refractivity contribution in [1.82, 2.24) is 0 Å². The molecule has 5 heteroatoms. The highest BCUT2D eigenvalue weighted by Gasteiger charge is 2.28. The van der Waals surface area contributed by atoms with Gasteiger partial charge in [-0.15, -0.1) is 0 Å². The summed E-state index contributed by atoms with van der Waals surface area (Å²) in [6.07, 6.45) is 0. The van der Waals surface area contributed by atoms with E-state index in [0.29, 0.717) is 18.2 Å². The Balaban J connectivity index is 1.95. The Labute approximate surface area is 115 Å². The highest BCUT2D eigenvalue weighted by atomic mass is 79.9. The van der Waals surface area contributed by atoms with Crippen molar-refractivity contribution >= 4 is 33.2 Å². The standard InChI is InChI=1S/C12H15BrClNO2/c1-12(2)16-6-9(7-17-12)15-8-3-4-11(14)10(13)5-8/h3-5,9,15H,6-7H2,1-2H3. The van der Waals surface area contributed by atoms with Gasteiger partial charge < -0.3 is 14.8 Å². The van der Waals surface area contributed by atoms with Gasteiger partial charge in [-0.3, -0.25) is 0 Å². The van der Waals surface area contributed by atoms with Crippen LogP contribution in [0.1, 0.15) is 13.8 Å². The largest absolute Gasteiger partial charge is 0.378 e. The van der Waals surface area contributed by atoms with Crippen LogP contribution in [0.25, 0.3) is 0 Å². The van der Waals surface area contributed by atoms with Gasteiger partial charge in [0.05, 0.1) is 24.3 Å². The first-order valence-electron chi connectivity index (χ1n) is 5.46. The summed E-state index contributed by atoms with van der Waals surface area (Å²) in [6.45, 7) is 5.10. The number of anilines is 1. The summed E-state index contributed by atoms with van der Waals surface area (Å²) in [5.41, 5.74) is 0.998. The lowest BCUT2D eigenvalue weighted by molar-refractivity contribution is -0.247. The third-order valence-corrected chi connectivity index (χ3v) is 3.77. The predicted octanol–water partition coefficient (Wildman–Crippen LogP) is 3.67. The van der Waals surface area contributed by atoms with E-state index in [1.54, 1.807) is 0 Å². The molecule has 0 amide bonds. The summed E-state index contributed by atoms with van der Waals surface area (Å²) in [6, 6.07) is 5.90. The fourth-order valence-electron chi connectivity index (χ4n) is 1.60. The van der Waals surface area contributed by atoms with E-state index < -0.39 is 5.79 Å². The van der Waals surface area contributed by atoms with Gasteiger partial charge in [0.25, 0.3) is 0 Å². The number of ether oxygens (including phenoxy) is 2. The monoisotopic (exact) mass is 319 g/mol. The highest BCUT2D eigenvalue weighted by Crippen LogP contribution is 2.26. The summed E-state index contributed by atoms with van der Waals surface area (Å²) < 4.78 is 12.0. The molecule has 0 spiro atoms. The van der Waals surface area contributed by atoms with Crippen molar-refractivity contribution in [1.29, 1.82) is 0 Å². The van der Waals surface area contributed by atoms with Crippen LogP contribution in [0.4, 0.5) is 5.69 Å². The van der Waals surface area contributed by atoms with Crippen LogP contribution in [0.3, 0.4) is 0 Å². The Morgan fingerprint density at radius 1 is 1.35 bits per heavy atom. The van der Waals surface area contributed by atoms with Crippen LogP contribution < -0.4 is 5.32 Å². The topological polar surface area (TPSA) is 30.5 Å². The number of halogens is 2. The molecular formula is C12H15BrClNO2. The number of rotatable bonds is 2. The van der Waals surface area contributed by atoms with Crippen LogP contribution in [0.2, 0.25) is 5.02 Å². The molecule has 1 N–H and O–H groups in total. The van der Waals surface area contributed by atoms with E-state index in [-0.39, 0.29) is 6.04 Å².